The average Bonchev–Trinajstić information content (AvgIpc) is 3.18. The molecule has 2 aromatic carbocycles. The molecule has 2 aromatic heterocycles. The summed E-state index contributed by atoms with van der Waals surface area (Å²) < 4.78 is 14.0. The summed E-state index contributed by atoms with van der Waals surface area (Å²) in [6.07, 6.45) is 3.40. The number of nitrogens with one attached hydrogen (secondary N) is 1. The molecule has 0 aliphatic carbocycles. The van der Waals surface area contributed by atoms with Crippen molar-refractivity contribution in [3.63, 3.8) is 0 Å². The number of aromatic nitrogens is 3. The fourth-order valence-electron chi connectivity index (χ4n) is 3.83. The number of carbonyl (C=O) groups excluding carboxylic acids is 1. The number of ether oxygens (including phenoxy) is 2. The van der Waals surface area contributed by atoms with Crippen LogP contribution in [0.4, 0.5) is 5.69 Å². The molecule has 0 spiro atoms. The van der Waals surface area contributed by atoms with E-state index in [1.807, 2.05) is 30.5 Å². The number of hydrogen-bond donors (Lipinski definition) is 1. The smallest absolute Gasteiger partial charge is 0.261 e. The number of carbonyl (C=O) groups is 1. The summed E-state index contributed by atoms with van der Waals surface area (Å²) in [4.78, 5) is 30.0. The van der Waals surface area contributed by atoms with Crippen LogP contribution in [0.15, 0.2) is 53.7 Å². The monoisotopic (exact) mass is 434 g/mol. The van der Waals surface area contributed by atoms with E-state index in [-0.39, 0.29) is 18.0 Å². The van der Waals surface area contributed by atoms with E-state index in [1.54, 1.807) is 12.1 Å². The van der Waals surface area contributed by atoms with Gasteiger partial charge in [-0.25, -0.2) is 4.98 Å². The highest BCUT2D eigenvalue weighted by Gasteiger charge is 2.14. The Balaban J connectivity index is 1.60. The van der Waals surface area contributed by atoms with Gasteiger partial charge in [0.25, 0.3) is 5.56 Å². The maximum absolute atomic E-state index is 12.9. The number of rotatable bonds is 7. The third-order valence-corrected chi connectivity index (χ3v) is 5.29. The third kappa shape index (κ3) is 4.03. The summed E-state index contributed by atoms with van der Waals surface area (Å²) >= 11 is 0. The van der Waals surface area contributed by atoms with Crippen LogP contribution in [-0.4, -0.2) is 34.2 Å². The molecular weight excluding hydrogens is 408 g/mol. The Kier molecular flexibility index (Phi) is 5.85. The van der Waals surface area contributed by atoms with Crippen LogP contribution in [-0.2, 0) is 17.9 Å². The molecule has 0 saturated heterocycles. The third-order valence-electron chi connectivity index (χ3n) is 5.29. The lowest BCUT2D eigenvalue weighted by atomic mass is 10.2. The van der Waals surface area contributed by atoms with Crippen molar-refractivity contribution < 1.29 is 14.3 Å². The molecule has 1 N–H and O–H groups in total. The van der Waals surface area contributed by atoms with E-state index in [0.29, 0.717) is 34.0 Å². The lowest BCUT2D eigenvalue weighted by Crippen LogP contribution is -2.28. The largest absolute Gasteiger partial charge is 0.493 e. The van der Waals surface area contributed by atoms with Crippen molar-refractivity contribution in [2.45, 2.75) is 26.9 Å². The molecule has 2 heterocycles. The molecule has 4 rings (SSSR count). The van der Waals surface area contributed by atoms with Crippen molar-refractivity contribution in [1.82, 2.24) is 14.1 Å². The van der Waals surface area contributed by atoms with Crippen LogP contribution in [0.1, 0.15) is 13.8 Å². The van der Waals surface area contributed by atoms with Crippen molar-refractivity contribution in [2.24, 2.45) is 5.92 Å². The molecule has 0 atom stereocenters. The van der Waals surface area contributed by atoms with Gasteiger partial charge in [-0.05, 0) is 30.2 Å². The molecule has 32 heavy (non-hydrogen) atoms. The van der Waals surface area contributed by atoms with Crippen molar-refractivity contribution in [1.29, 1.82) is 0 Å². The number of anilines is 1. The van der Waals surface area contributed by atoms with Crippen LogP contribution in [0.2, 0.25) is 0 Å². The molecule has 8 heteroatoms. The highest BCUT2D eigenvalue weighted by Crippen LogP contribution is 2.30. The van der Waals surface area contributed by atoms with Crippen LogP contribution in [0.3, 0.4) is 0 Å². The average molecular weight is 434 g/mol. The van der Waals surface area contributed by atoms with Crippen LogP contribution in [0.25, 0.3) is 21.8 Å². The lowest BCUT2D eigenvalue weighted by molar-refractivity contribution is -0.116. The normalized spacial score (nSPS) is 11.3. The maximum atomic E-state index is 12.9. The second-order valence-electron chi connectivity index (χ2n) is 8.05. The Morgan fingerprint density at radius 2 is 1.81 bits per heavy atom. The predicted octanol–water partition coefficient (Wildman–Crippen LogP) is 3.66. The van der Waals surface area contributed by atoms with Gasteiger partial charge in [-0.1, -0.05) is 19.9 Å². The van der Waals surface area contributed by atoms with E-state index in [9.17, 15) is 9.59 Å². The number of benzene rings is 2. The molecule has 0 aliphatic rings. The Morgan fingerprint density at radius 1 is 1.06 bits per heavy atom. The van der Waals surface area contributed by atoms with E-state index in [4.69, 9.17) is 9.47 Å². The molecular formula is C24H26N4O4. The molecule has 0 fully saturated rings. The van der Waals surface area contributed by atoms with E-state index in [1.165, 1.54) is 25.1 Å². The molecule has 0 saturated carbocycles. The summed E-state index contributed by atoms with van der Waals surface area (Å²) in [5.74, 6) is 1.12. The molecule has 0 bridgehead atoms. The van der Waals surface area contributed by atoms with E-state index in [2.05, 4.69) is 28.7 Å². The minimum atomic E-state index is -0.326. The Hall–Kier alpha value is -3.81. The van der Waals surface area contributed by atoms with Crippen molar-refractivity contribution in [3.05, 3.63) is 59.3 Å². The second kappa shape index (κ2) is 8.74. The summed E-state index contributed by atoms with van der Waals surface area (Å²) in [6, 6.07) is 11.0. The highest BCUT2D eigenvalue weighted by molar-refractivity contribution is 6.01. The number of amides is 1. The topological polar surface area (TPSA) is 87.4 Å². The van der Waals surface area contributed by atoms with Crippen molar-refractivity contribution in [3.8, 4) is 11.5 Å². The van der Waals surface area contributed by atoms with Crippen LogP contribution < -0.4 is 20.3 Å². The van der Waals surface area contributed by atoms with E-state index >= 15 is 0 Å². The molecule has 1 amide bonds. The number of fused-ring (bicyclic) bond motifs is 2. The van der Waals surface area contributed by atoms with Crippen molar-refractivity contribution in [2.75, 3.05) is 19.5 Å². The van der Waals surface area contributed by atoms with Gasteiger partial charge in [0.15, 0.2) is 11.5 Å². The Labute approximate surface area is 185 Å². The van der Waals surface area contributed by atoms with Crippen LogP contribution in [0, 0.1) is 5.92 Å². The number of hydrogen-bond acceptors (Lipinski definition) is 5. The van der Waals surface area contributed by atoms with Crippen LogP contribution in [0.5, 0.6) is 11.5 Å². The van der Waals surface area contributed by atoms with Gasteiger partial charge in [-0.15, -0.1) is 0 Å². The van der Waals surface area contributed by atoms with Gasteiger partial charge in [0, 0.05) is 24.2 Å². The number of nitrogens with zero attached hydrogens (tertiary/aromatic N) is 3. The first kappa shape index (κ1) is 21.4. The van der Waals surface area contributed by atoms with Gasteiger partial charge in [0.1, 0.15) is 6.54 Å². The first-order valence-electron chi connectivity index (χ1n) is 10.4. The summed E-state index contributed by atoms with van der Waals surface area (Å²) in [7, 11) is 3.02. The summed E-state index contributed by atoms with van der Waals surface area (Å²) in [5.41, 5.74) is 1.92. The quantitative estimate of drug-likeness (QED) is 0.480. The fraction of sp³-hybridized carbons (Fsp3) is 0.292. The maximum Gasteiger partial charge on any atom is 0.261 e. The minimum Gasteiger partial charge on any atom is -0.493 e. The summed E-state index contributed by atoms with van der Waals surface area (Å²) in [5, 5.41) is 4.24. The molecule has 166 valence electrons. The van der Waals surface area contributed by atoms with E-state index < -0.39 is 0 Å². The zero-order chi connectivity index (χ0) is 22.8. The van der Waals surface area contributed by atoms with Gasteiger partial charge < -0.3 is 19.4 Å². The van der Waals surface area contributed by atoms with Gasteiger partial charge >= 0.3 is 0 Å². The predicted molar refractivity (Wildman–Crippen MR) is 125 cm³/mol. The SMILES string of the molecule is COc1cc2ncn(CC(=O)Nc3cccc4c3ccn4CC(C)C)c(=O)c2cc1OC. The highest BCUT2D eigenvalue weighted by atomic mass is 16.5. The first-order valence-corrected chi connectivity index (χ1v) is 10.4. The Bertz CT molecular complexity index is 1350. The first-order chi connectivity index (χ1) is 15.4. The lowest BCUT2D eigenvalue weighted by Gasteiger charge is -2.12. The van der Waals surface area contributed by atoms with Gasteiger partial charge in [-0.2, -0.15) is 0 Å². The standard InChI is InChI=1S/C24H26N4O4/c1-15(2)12-27-9-8-16-18(6-5-7-20(16)27)26-23(29)13-28-14-25-19-11-22(32-4)21(31-3)10-17(19)24(28)30/h5-11,14-15H,12-13H2,1-4H3,(H,26,29). The minimum absolute atomic E-state index is 0.154. The van der Waals surface area contributed by atoms with Crippen LogP contribution >= 0.6 is 0 Å². The Morgan fingerprint density at radius 3 is 2.53 bits per heavy atom. The molecule has 4 aromatic rings. The van der Waals surface area contributed by atoms with Gasteiger partial charge in [0.2, 0.25) is 5.91 Å². The van der Waals surface area contributed by atoms with Gasteiger partial charge in [-0.3, -0.25) is 14.2 Å². The zero-order valence-corrected chi connectivity index (χ0v) is 18.6. The van der Waals surface area contributed by atoms with Crippen molar-refractivity contribution >= 4 is 33.4 Å². The fourth-order valence-corrected chi connectivity index (χ4v) is 3.83. The summed E-state index contributed by atoms with van der Waals surface area (Å²) in [6.45, 7) is 5.07. The molecule has 8 nitrogen and oxygen atoms in total. The molecule has 0 aliphatic heterocycles. The second-order valence-corrected chi connectivity index (χ2v) is 8.05. The molecule has 0 radical (unpaired) electrons. The molecule has 0 unspecified atom stereocenters. The van der Waals surface area contributed by atoms with E-state index in [0.717, 1.165) is 17.4 Å². The number of methoxy groups -OCH3 is 2. The zero-order valence-electron chi connectivity index (χ0n) is 18.6. The van der Waals surface area contributed by atoms with Gasteiger partial charge in [0.05, 0.1) is 42.7 Å².